The Morgan fingerprint density at radius 2 is 1.89 bits per heavy atom. The molecule has 1 saturated heterocycles. The molecule has 4 rings (SSSR count). The lowest BCUT2D eigenvalue weighted by atomic mass is 9.95. The summed E-state index contributed by atoms with van der Waals surface area (Å²) in [6, 6.07) is 11.0. The average Bonchev–Trinajstić information content (AvgIpc) is 3.09. The topological polar surface area (TPSA) is 46.6 Å². The van der Waals surface area contributed by atoms with Crippen LogP contribution in [0, 0.1) is 0 Å². The molecule has 0 aliphatic carbocycles. The zero-order valence-electron chi connectivity index (χ0n) is 15.3. The number of amides is 1. The van der Waals surface area contributed by atoms with E-state index in [-0.39, 0.29) is 30.9 Å². The lowest BCUT2D eigenvalue weighted by Crippen LogP contribution is -2.51. The van der Waals surface area contributed by atoms with E-state index in [0.29, 0.717) is 22.8 Å². The average molecular weight is 400 g/mol. The van der Waals surface area contributed by atoms with Gasteiger partial charge in [0.15, 0.2) is 5.78 Å². The van der Waals surface area contributed by atoms with E-state index in [0.717, 1.165) is 16.7 Å². The van der Waals surface area contributed by atoms with Crippen LogP contribution >= 0.6 is 11.6 Å². The number of carbonyl (C=O) groups is 2. The zero-order chi connectivity index (χ0) is 19.8. The van der Waals surface area contributed by atoms with Gasteiger partial charge >= 0.3 is 0 Å². The molecule has 0 spiro atoms. The minimum atomic E-state index is -0.912. The molecule has 6 heteroatoms. The van der Waals surface area contributed by atoms with Gasteiger partial charge in [-0.2, -0.15) is 0 Å². The van der Waals surface area contributed by atoms with Crippen LogP contribution in [0.5, 0.6) is 5.75 Å². The van der Waals surface area contributed by atoms with Gasteiger partial charge in [-0.25, -0.2) is 4.39 Å². The number of hydrogen-bond donors (Lipinski definition) is 0. The van der Waals surface area contributed by atoms with Crippen LogP contribution in [0.4, 0.5) is 4.39 Å². The Bertz CT molecular complexity index is 964. The van der Waals surface area contributed by atoms with E-state index in [1.54, 1.807) is 24.3 Å². The van der Waals surface area contributed by atoms with Crippen molar-refractivity contribution in [2.45, 2.75) is 25.6 Å². The highest BCUT2D eigenvalue weighted by Gasteiger charge is 2.31. The molecule has 2 aromatic rings. The molecular formula is C22H19ClFNO3. The van der Waals surface area contributed by atoms with Gasteiger partial charge in [0.2, 0.25) is 0 Å². The fraction of sp³-hybridized carbons (Fsp3) is 0.273. The summed E-state index contributed by atoms with van der Waals surface area (Å²) in [5.41, 5.74) is 3.44. The fourth-order valence-corrected chi connectivity index (χ4v) is 3.73. The smallest absolute Gasteiger partial charge is 0.254 e. The summed E-state index contributed by atoms with van der Waals surface area (Å²) in [5, 5.41) is 0.530. The zero-order valence-corrected chi connectivity index (χ0v) is 16.1. The molecule has 1 unspecified atom stereocenters. The number of rotatable bonds is 4. The van der Waals surface area contributed by atoms with Crippen molar-refractivity contribution in [3.63, 3.8) is 0 Å². The second-order valence-corrected chi connectivity index (χ2v) is 7.52. The molecule has 1 atom stereocenters. The minimum absolute atomic E-state index is 0.0348. The summed E-state index contributed by atoms with van der Waals surface area (Å²) in [7, 11) is 0. The van der Waals surface area contributed by atoms with Crippen LogP contribution < -0.4 is 4.74 Å². The summed E-state index contributed by atoms with van der Waals surface area (Å²) < 4.78 is 18.9. The lowest BCUT2D eigenvalue weighted by molar-refractivity contribution is -0.112. The maximum atomic E-state index is 13.0. The van der Waals surface area contributed by atoms with Gasteiger partial charge in [-0.1, -0.05) is 29.8 Å². The Morgan fingerprint density at radius 3 is 2.54 bits per heavy atom. The first-order valence-corrected chi connectivity index (χ1v) is 9.50. The molecule has 0 N–H and O–H groups in total. The van der Waals surface area contributed by atoms with E-state index in [9.17, 15) is 14.0 Å². The Labute approximate surface area is 167 Å². The van der Waals surface area contributed by atoms with Crippen molar-refractivity contribution >= 4 is 23.3 Å². The molecule has 28 heavy (non-hydrogen) atoms. The summed E-state index contributed by atoms with van der Waals surface area (Å²) in [5.74, 6) is 0.444. The van der Waals surface area contributed by atoms with Crippen LogP contribution in [-0.4, -0.2) is 42.0 Å². The largest absolute Gasteiger partial charge is 0.484 e. The van der Waals surface area contributed by atoms with Gasteiger partial charge in [-0.3, -0.25) is 9.59 Å². The van der Waals surface area contributed by atoms with Crippen LogP contribution in [0.25, 0.3) is 11.1 Å². The van der Waals surface area contributed by atoms with Gasteiger partial charge in [0.1, 0.15) is 18.0 Å². The van der Waals surface area contributed by atoms with Crippen LogP contribution in [0.1, 0.15) is 22.8 Å². The van der Waals surface area contributed by atoms with Crippen molar-refractivity contribution < 1.29 is 18.7 Å². The maximum absolute atomic E-state index is 13.0. The van der Waals surface area contributed by atoms with E-state index in [4.69, 9.17) is 16.3 Å². The quantitative estimate of drug-likeness (QED) is 0.722. The third kappa shape index (κ3) is 3.54. The highest BCUT2D eigenvalue weighted by molar-refractivity contribution is 6.32. The molecule has 2 aliphatic heterocycles. The third-order valence-corrected chi connectivity index (χ3v) is 5.30. The monoisotopic (exact) mass is 399 g/mol. The standard InChI is InChI=1S/C22H19ClFNO3/c1-13(26)2-7-17-10-19-18(8-9-20(23)21(19)28-17)14-3-5-15(6-4-14)22(27)25-11-16(24)12-25/h2-9,16-17H,10-12H2,1H3/b7-2+. The first-order valence-electron chi connectivity index (χ1n) is 9.13. The highest BCUT2D eigenvalue weighted by Crippen LogP contribution is 2.42. The molecule has 2 heterocycles. The summed E-state index contributed by atoms with van der Waals surface area (Å²) in [4.78, 5) is 25.0. The maximum Gasteiger partial charge on any atom is 0.254 e. The molecular weight excluding hydrogens is 381 g/mol. The Hall–Kier alpha value is -2.66. The van der Waals surface area contributed by atoms with E-state index in [1.807, 2.05) is 18.2 Å². The summed E-state index contributed by atoms with van der Waals surface area (Å²) >= 11 is 6.30. The van der Waals surface area contributed by atoms with Gasteiger partial charge in [0, 0.05) is 17.5 Å². The molecule has 1 fully saturated rings. The summed E-state index contributed by atoms with van der Waals surface area (Å²) in [6.07, 6.45) is 2.71. The summed E-state index contributed by atoms with van der Waals surface area (Å²) in [6.45, 7) is 1.82. The van der Waals surface area contributed by atoms with Gasteiger partial charge < -0.3 is 9.64 Å². The van der Waals surface area contributed by atoms with Crippen LogP contribution in [-0.2, 0) is 11.2 Å². The number of fused-ring (bicyclic) bond motifs is 1. The first-order chi connectivity index (χ1) is 13.4. The predicted octanol–water partition coefficient (Wildman–Crippen LogP) is 4.25. The molecule has 144 valence electrons. The number of ketones is 1. The van der Waals surface area contributed by atoms with Crippen LogP contribution in [0.15, 0.2) is 48.6 Å². The van der Waals surface area contributed by atoms with Crippen molar-refractivity contribution in [1.82, 2.24) is 4.90 Å². The van der Waals surface area contributed by atoms with Gasteiger partial charge in [0.25, 0.3) is 5.91 Å². The number of allylic oxidation sites excluding steroid dienone is 1. The van der Waals surface area contributed by atoms with Crippen molar-refractivity contribution in [1.29, 1.82) is 0 Å². The van der Waals surface area contributed by atoms with E-state index >= 15 is 0 Å². The van der Waals surface area contributed by atoms with Gasteiger partial charge in [0.05, 0.1) is 18.1 Å². The molecule has 0 saturated carbocycles. The number of likely N-dealkylation sites (tertiary alicyclic amines) is 1. The Kier molecular flexibility index (Phi) is 4.94. The number of carbonyl (C=O) groups excluding carboxylic acids is 2. The van der Waals surface area contributed by atoms with Crippen LogP contribution in [0.3, 0.4) is 0 Å². The van der Waals surface area contributed by atoms with E-state index < -0.39 is 6.17 Å². The fourth-order valence-electron chi connectivity index (χ4n) is 3.51. The first kappa shape index (κ1) is 18.7. The molecule has 1 amide bonds. The van der Waals surface area contributed by atoms with Crippen LogP contribution in [0.2, 0.25) is 5.02 Å². The number of ether oxygens (including phenoxy) is 1. The minimum Gasteiger partial charge on any atom is -0.484 e. The predicted molar refractivity (Wildman–Crippen MR) is 106 cm³/mol. The van der Waals surface area contributed by atoms with Crippen molar-refractivity contribution in [3.8, 4) is 16.9 Å². The second kappa shape index (κ2) is 7.40. The Balaban J connectivity index is 1.58. The van der Waals surface area contributed by atoms with Gasteiger partial charge in [-0.15, -0.1) is 0 Å². The molecule has 2 aliphatic rings. The SMILES string of the molecule is CC(=O)/C=C/C1Cc2c(-c3ccc(C(=O)N4CC(F)C4)cc3)ccc(Cl)c2O1. The number of alkyl halides is 1. The number of nitrogens with zero attached hydrogens (tertiary/aromatic N) is 1. The van der Waals surface area contributed by atoms with Crippen molar-refractivity contribution in [2.75, 3.05) is 13.1 Å². The third-order valence-electron chi connectivity index (χ3n) is 5.00. The van der Waals surface area contributed by atoms with Crippen molar-refractivity contribution in [2.24, 2.45) is 0 Å². The lowest BCUT2D eigenvalue weighted by Gasteiger charge is -2.34. The number of benzene rings is 2. The van der Waals surface area contributed by atoms with E-state index in [2.05, 4.69) is 0 Å². The molecule has 2 aromatic carbocycles. The molecule has 0 bridgehead atoms. The van der Waals surface area contributed by atoms with Gasteiger partial charge in [-0.05, 0) is 48.4 Å². The number of halogens is 2. The highest BCUT2D eigenvalue weighted by atomic mass is 35.5. The van der Waals surface area contributed by atoms with E-state index in [1.165, 1.54) is 17.9 Å². The second-order valence-electron chi connectivity index (χ2n) is 7.12. The Morgan fingerprint density at radius 1 is 1.18 bits per heavy atom. The normalized spacial score (nSPS) is 18.7. The molecule has 0 radical (unpaired) electrons. The number of hydrogen-bond acceptors (Lipinski definition) is 3. The molecule has 4 nitrogen and oxygen atoms in total. The van der Waals surface area contributed by atoms with Crippen molar-refractivity contribution in [3.05, 3.63) is 64.7 Å². The molecule has 0 aromatic heterocycles.